The summed E-state index contributed by atoms with van der Waals surface area (Å²) in [6.45, 7) is 3.19. The third kappa shape index (κ3) is 4.95. The minimum Gasteiger partial charge on any atom is -0.313 e. The molecule has 0 spiro atoms. The summed E-state index contributed by atoms with van der Waals surface area (Å²) in [6, 6.07) is 13.3. The van der Waals surface area contributed by atoms with Gasteiger partial charge in [0, 0.05) is 26.0 Å². The summed E-state index contributed by atoms with van der Waals surface area (Å²) in [5, 5.41) is 5.73. The van der Waals surface area contributed by atoms with Crippen molar-refractivity contribution in [1.29, 1.82) is 0 Å². The van der Waals surface area contributed by atoms with Gasteiger partial charge in [-0.05, 0) is 52.5 Å². The molecule has 1 nitrogen and oxygen atoms in total. The molecule has 4 heteroatoms. The molecule has 1 unspecified atom stereocenters. The van der Waals surface area contributed by atoms with E-state index in [1.807, 2.05) is 23.1 Å². The number of halogens is 1. The van der Waals surface area contributed by atoms with E-state index < -0.39 is 0 Å². The minimum absolute atomic E-state index is 0.519. The van der Waals surface area contributed by atoms with Crippen LogP contribution in [0.15, 0.2) is 51.1 Å². The first-order chi connectivity index (χ1) is 9.29. The highest BCUT2D eigenvalue weighted by atomic mass is 79.9. The average Bonchev–Trinajstić information content (AvgIpc) is 2.83. The molecule has 0 aliphatic carbocycles. The van der Waals surface area contributed by atoms with E-state index in [-0.39, 0.29) is 0 Å². The van der Waals surface area contributed by atoms with E-state index in [2.05, 4.69) is 69.9 Å². The number of benzene rings is 1. The number of rotatable bonds is 7. The van der Waals surface area contributed by atoms with Gasteiger partial charge in [-0.3, -0.25) is 0 Å². The number of hydrogen-bond donors (Lipinski definition) is 1. The molecule has 2 rings (SSSR count). The Morgan fingerprint density at radius 3 is 2.68 bits per heavy atom. The summed E-state index contributed by atoms with van der Waals surface area (Å²) < 4.78 is 1.24. The van der Waals surface area contributed by atoms with Crippen molar-refractivity contribution < 1.29 is 0 Å². The number of likely N-dealkylation sites (N-methyl/N-ethyl adjacent to an activating group) is 1. The molecular weight excluding hydrogens is 338 g/mol. The summed E-state index contributed by atoms with van der Waals surface area (Å²) in [5.74, 6) is 1.10. The molecule has 0 saturated carbocycles. The van der Waals surface area contributed by atoms with E-state index in [9.17, 15) is 0 Å². The molecule has 0 aliphatic heterocycles. The lowest BCUT2D eigenvalue weighted by atomic mass is 10.2. The molecule has 0 aliphatic rings. The van der Waals surface area contributed by atoms with Gasteiger partial charge in [-0.15, -0.1) is 23.1 Å². The van der Waals surface area contributed by atoms with Crippen molar-refractivity contribution in [2.45, 2.75) is 24.3 Å². The van der Waals surface area contributed by atoms with Crippen molar-refractivity contribution in [3.63, 3.8) is 0 Å². The van der Waals surface area contributed by atoms with Crippen LogP contribution in [0.2, 0.25) is 0 Å². The number of hydrogen-bond acceptors (Lipinski definition) is 3. The Balaban J connectivity index is 1.91. The number of nitrogens with one attached hydrogen (secondary N) is 1. The fourth-order valence-electron chi connectivity index (χ4n) is 1.89. The van der Waals surface area contributed by atoms with Crippen molar-refractivity contribution in [1.82, 2.24) is 5.32 Å². The quantitative estimate of drug-likeness (QED) is 0.714. The summed E-state index contributed by atoms with van der Waals surface area (Å²) in [6.07, 6.45) is 1.09. The van der Waals surface area contributed by atoms with Gasteiger partial charge >= 0.3 is 0 Å². The van der Waals surface area contributed by atoms with Gasteiger partial charge in [0.1, 0.15) is 0 Å². The van der Waals surface area contributed by atoms with Gasteiger partial charge in [-0.2, -0.15) is 0 Å². The fraction of sp³-hybridized carbons (Fsp3) is 0.333. The van der Waals surface area contributed by atoms with Crippen LogP contribution >= 0.6 is 39.0 Å². The summed E-state index contributed by atoms with van der Waals surface area (Å²) in [5.41, 5.74) is 0. The topological polar surface area (TPSA) is 12.0 Å². The molecule has 1 aromatic carbocycles. The van der Waals surface area contributed by atoms with Crippen molar-refractivity contribution >= 4 is 39.0 Å². The first-order valence-corrected chi connectivity index (χ1v) is 9.08. The lowest BCUT2D eigenvalue weighted by molar-refractivity contribution is 0.575. The Hall–Kier alpha value is -0.290. The van der Waals surface area contributed by atoms with Crippen LogP contribution in [0.4, 0.5) is 0 Å². The predicted octanol–water partition coefficient (Wildman–Crippen LogP) is 4.82. The van der Waals surface area contributed by atoms with Crippen LogP contribution in [-0.2, 0) is 6.42 Å². The zero-order valence-corrected chi connectivity index (χ0v) is 14.2. The van der Waals surface area contributed by atoms with Gasteiger partial charge in [0.15, 0.2) is 0 Å². The largest absolute Gasteiger partial charge is 0.313 e. The Morgan fingerprint density at radius 2 is 2.05 bits per heavy atom. The Kier molecular flexibility index (Phi) is 6.44. The second-order valence-corrected chi connectivity index (χ2v) is 7.22. The Bertz CT molecular complexity index is 484. The highest BCUT2D eigenvalue weighted by molar-refractivity contribution is 9.10. The van der Waals surface area contributed by atoms with Gasteiger partial charge in [0.25, 0.3) is 0 Å². The van der Waals surface area contributed by atoms with Crippen LogP contribution in [0.1, 0.15) is 11.8 Å². The van der Waals surface area contributed by atoms with Crippen LogP contribution in [0.25, 0.3) is 0 Å². The molecule has 1 aromatic heterocycles. The second kappa shape index (κ2) is 8.10. The lowest BCUT2D eigenvalue weighted by Gasteiger charge is -2.17. The van der Waals surface area contributed by atoms with Crippen molar-refractivity contribution in [2.24, 2.45) is 0 Å². The summed E-state index contributed by atoms with van der Waals surface area (Å²) in [4.78, 5) is 2.77. The molecule has 2 aromatic rings. The van der Waals surface area contributed by atoms with Crippen LogP contribution in [0.3, 0.4) is 0 Å². The van der Waals surface area contributed by atoms with Gasteiger partial charge in [-0.25, -0.2) is 0 Å². The normalized spacial score (nSPS) is 12.5. The summed E-state index contributed by atoms with van der Waals surface area (Å²) in [7, 11) is 0. The molecule has 102 valence electrons. The first-order valence-electron chi connectivity index (χ1n) is 6.42. The maximum Gasteiger partial charge on any atom is 0.0314 e. The summed E-state index contributed by atoms with van der Waals surface area (Å²) >= 11 is 7.37. The first kappa shape index (κ1) is 15.1. The number of thioether (sulfide) groups is 1. The fourth-order valence-corrected chi connectivity index (χ4v) is 4.46. The second-order valence-electron chi connectivity index (χ2n) is 4.27. The van der Waals surface area contributed by atoms with Gasteiger partial charge < -0.3 is 5.32 Å². The van der Waals surface area contributed by atoms with Crippen molar-refractivity contribution in [2.75, 3.05) is 12.3 Å². The van der Waals surface area contributed by atoms with E-state index >= 15 is 0 Å². The molecule has 1 N–H and O–H groups in total. The maximum atomic E-state index is 3.62. The van der Waals surface area contributed by atoms with E-state index in [1.54, 1.807) is 0 Å². The van der Waals surface area contributed by atoms with Gasteiger partial charge in [-0.1, -0.05) is 25.1 Å². The van der Waals surface area contributed by atoms with E-state index in [0.29, 0.717) is 6.04 Å². The van der Waals surface area contributed by atoms with Crippen molar-refractivity contribution in [3.8, 4) is 0 Å². The van der Waals surface area contributed by atoms with Crippen LogP contribution in [-0.4, -0.2) is 18.3 Å². The molecule has 0 amide bonds. The molecule has 0 bridgehead atoms. The zero-order valence-electron chi connectivity index (χ0n) is 10.9. The van der Waals surface area contributed by atoms with Crippen molar-refractivity contribution in [3.05, 3.63) is 51.1 Å². The zero-order chi connectivity index (χ0) is 13.5. The molecule has 19 heavy (non-hydrogen) atoms. The van der Waals surface area contributed by atoms with Crippen LogP contribution in [0, 0.1) is 0 Å². The smallest absolute Gasteiger partial charge is 0.0314 e. The van der Waals surface area contributed by atoms with Gasteiger partial charge in [0.05, 0.1) is 0 Å². The van der Waals surface area contributed by atoms with E-state index in [0.717, 1.165) is 18.7 Å². The third-order valence-electron chi connectivity index (χ3n) is 2.81. The maximum absolute atomic E-state index is 3.62. The predicted molar refractivity (Wildman–Crippen MR) is 90.4 cm³/mol. The molecule has 1 heterocycles. The number of thiophene rings is 1. The Morgan fingerprint density at radius 1 is 1.26 bits per heavy atom. The van der Waals surface area contributed by atoms with E-state index in [4.69, 9.17) is 0 Å². The molecule has 0 radical (unpaired) electrons. The average molecular weight is 356 g/mol. The van der Waals surface area contributed by atoms with Gasteiger partial charge in [0.2, 0.25) is 0 Å². The third-order valence-corrected chi connectivity index (χ3v) is 5.93. The highest BCUT2D eigenvalue weighted by Gasteiger charge is 2.12. The lowest BCUT2D eigenvalue weighted by Crippen LogP contribution is -2.33. The molecular formula is C15H18BrNS2. The highest BCUT2D eigenvalue weighted by Crippen LogP contribution is 2.26. The standard InChI is InChI=1S/C15H18BrNS2/c1-2-17-12(10-15-14(16)8-9-18-15)11-19-13-6-4-3-5-7-13/h3-9,12,17H,2,10-11H2,1H3. The van der Waals surface area contributed by atoms with Crippen LogP contribution < -0.4 is 5.32 Å². The SMILES string of the molecule is CCNC(CSc1ccccc1)Cc1sccc1Br. The minimum atomic E-state index is 0.519. The molecule has 0 fully saturated rings. The Labute approximate surface area is 131 Å². The molecule has 0 saturated heterocycles. The van der Waals surface area contributed by atoms with E-state index in [1.165, 1.54) is 14.2 Å². The molecule has 1 atom stereocenters. The van der Waals surface area contributed by atoms with Crippen LogP contribution in [0.5, 0.6) is 0 Å². The monoisotopic (exact) mass is 355 g/mol.